The van der Waals surface area contributed by atoms with Gasteiger partial charge in [0.2, 0.25) is 0 Å². The zero-order chi connectivity index (χ0) is 11.7. The van der Waals surface area contributed by atoms with Crippen LogP contribution in [0.25, 0.3) is 0 Å². The maximum absolute atomic E-state index is 11.7. The Labute approximate surface area is 94.6 Å². The summed E-state index contributed by atoms with van der Waals surface area (Å²) in [5.74, 6) is 0.529. The first-order chi connectivity index (χ1) is 7.63. The Morgan fingerprint density at radius 3 is 2.75 bits per heavy atom. The predicted octanol–water partition coefficient (Wildman–Crippen LogP) is -0.502. The third-order valence-electron chi connectivity index (χ3n) is 2.81. The fourth-order valence-electron chi connectivity index (χ4n) is 2.07. The van der Waals surface area contributed by atoms with Gasteiger partial charge in [0.15, 0.2) is 6.10 Å². The van der Waals surface area contributed by atoms with Gasteiger partial charge in [-0.3, -0.25) is 4.21 Å². The second-order valence-electron chi connectivity index (χ2n) is 3.67. The molecule has 0 aromatic carbocycles. The molecular formula is C8H13NO6S. The molecule has 0 saturated carbocycles. The minimum atomic E-state index is -1.02. The number of nitrogens with zero attached hydrogens (tertiary/aromatic N) is 1. The quantitative estimate of drug-likeness (QED) is 0.494. The molecule has 5 atom stereocenters. The fraction of sp³-hybridized carbons (Fsp3) is 1.00. The van der Waals surface area contributed by atoms with Crippen molar-refractivity contribution < 1.29 is 23.6 Å². The van der Waals surface area contributed by atoms with Crippen molar-refractivity contribution in [2.75, 3.05) is 19.0 Å². The fourth-order valence-corrected chi connectivity index (χ4v) is 3.26. The lowest BCUT2D eigenvalue weighted by Crippen LogP contribution is -2.35. The summed E-state index contributed by atoms with van der Waals surface area (Å²) in [6, 6.07) is 0. The van der Waals surface area contributed by atoms with E-state index in [0.29, 0.717) is 12.4 Å². The van der Waals surface area contributed by atoms with Crippen molar-refractivity contribution in [3.63, 3.8) is 0 Å². The summed E-state index contributed by atoms with van der Waals surface area (Å²) < 4.78 is 22.4. The van der Waals surface area contributed by atoms with Crippen LogP contribution in [0, 0.1) is 10.1 Å². The Morgan fingerprint density at radius 2 is 2.12 bits per heavy atom. The maximum Gasteiger partial charge on any atom is 0.294 e. The molecule has 92 valence electrons. The monoisotopic (exact) mass is 251 g/mol. The van der Waals surface area contributed by atoms with Crippen LogP contribution in [0.3, 0.4) is 0 Å². The molecule has 8 heteroatoms. The summed E-state index contributed by atoms with van der Waals surface area (Å²) in [4.78, 5) is 14.7. The highest BCUT2D eigenvalue weighted by Gasteiger charge is 2.51. The molecule has 0 amide bonds. The molecule has 2 heterocycles. The standard InChI is InChI=1S/C8H13NO6S/c1-2-16(12)6-4-14-7-5(15-9(10)11)3-13-8(6)7/h5-8H,2-4H2,1H3/t5-,6+,7?,8?,16?/m1/s1. The molecule has 2 rings (SSSR count). The Hall–Kier alpha value is -0.730. The Morgan fingerprint density at radius 1 is 1.44 bits per heavy atom. The van der Waals surface area contributed by atoms with Crippen LogP contribution < -0.4 is 0 Å². The van der Waals surface area contributed by atoms with Gasteiger partial charge in [-0.25, -0.2) is 0 Å². The van der Waals surface area contributed by atoms with Crippen LogP contribution >= 0.6 is 0 Å². The second-order valence-corrected chi connectivity index (χ2v) is 5.62. The number of hydrogen-bond acceptors (Lipinski definition) is 6. The molecule has 0 aromatic heterocycles. The topological polar surface area (TPSA) is 87.9 Å². The van der Waals surface area contributed by atoms with Crippen LogP contribution in [0.1, 0.15) is 6.92 Å². The largest absolute Gasteiger partial charge is 0.372 e. The van der Waals surface area contributed by atoms with Crippen LogP contribution in [0.4, 0.5) is 0 Å². The van der Waals surface area contributed by atoms with E-state index in [1.807, 2.05) is 6.92 Å². The normalized spacial score (nSPS) is 39.3. The first kappa shape index (κ1) is 11.7. The number of ether oxygens (including phenoxy) is 2. The van der Waals surface area contributed by atoms with Gasteiger partial charge in [0.05, 0.1) is 18.5 Å². The predicted molar refractivity (Wildman–Crippen MR) is 53.8 cm³/mol. The van der Waals surface area contributed by atoms with Gasteiger partial charge in [0, 0.05) is 16.6 Å². The average molecular weight is 251 g/mol. The number of rotatable bonds is 4. The summed E-state index contributed by atoms with van der Waals surface area (Å²) >= 11 is 0. The van der Waals surface area contributed by atoms with Crippen LogP contribution in [0.2, 0.25) is 0 Å². The molecule has 0 aromatic rings. The lowest BCUT2D eigenvalue weighted by Gasteiger charge is -2.14. The van der Waals surface area contributed by atoms with Gasteiger partial charge in [-0.1, -0.05) is 6.92 Å². The molecule has 2 fully saturated rings. The van der Waals surface area contributed by atoms with Crippen molar-refractivity contribution in [1.29, 1.82) is 0 Å². The minimum Gasteiger partial charge on any atom is -0.372 e. The average Bonchev–Trinajstić information content (AvgIpc) is 2.79. The zero-order valence-electron chi connectivity index (χ0n) is 8.74. The molecule has 0 N–H and O–H groups in total. The van der Waals surface area contributed by atoms with E-state index in [1.54, 1.807) is 0 Å². The lowest BCUT2D eigenvalue weighted by atomic mass is 10.1. The first-order valence-corrected chi connectivity index (χ1v) is 6.43. The van der Waals surface area contributed by atoms with Crippen molar-refractivity contribution in [2.24, 2.45) is 0 Å². The summed E-state index contributed by atoms with van der Waals surface area (Å²) in [6.45, 7) is 2.25. The summed E-state index contributed by atoms with van der Waals surface area (Å²) in [5.41, 5.74) is 0. The molecule has 16 heavy (non-hydrogen) atoms. The minimum absolute atomic E-state index is 0.119. The number of hydrogen-bond donors (Lipinski definition) is 0. The maximum atomic E-state index is 11.7. The SMILES string of the molecule is CCS(=O)[C@H]1COC2C1OC[C@H]2O[N+](=O)[O-]. The molecule has 0 bridgehead atoms. The molecule has 2 saturated heterocycles. The Bertz CT molecular complexity index is 311. The van der Waals surface area contributed by atoms with E-state index < -0.39 is 28.1 Å². The molecule has 0 spiro atoms. The van der Waals surface area contributed by atoms with Crippen LogP contribution in [-0.2, 0) is 25.1 Å². The third kappa shape index (κ3) is 2.04. The van der Waals surface area contributed by atoms with Crippen LogP contribution in [0.15, 0.2) is 0 Å². The van der Waals surface area contributed by atoms with Crippen molar-refractivity contribution in [1.82, 2.24) is 0 Å². The van der Waals surface area contributed by atoms with Crippen molar-refractivity contribution in [3.8, 4) is 0 Å². The summed E-state index contributed by atoms with van der Waals surface area (Å²) in [5, 5.41) is 9.19. The first-order valence-electron chi connectivity index (χ1n) is 5.05. The molecule has 0 aliphatic carbocycles. The second kappa shape index (κ2) is 4.64. The lowest BCUT2D eigenvalue weighted by molar-refractivity contribution is -0.769. The van der Waals surface area contributed by atoms with E-state index in [2.05, 4.69) is 4.84 Å². The van der Waals surface area contributed by atoms with E-state index in [1.165, 1.54) is 0 Å². The van der Waals surface area contributed by atoms with E-state index in [-0.39, 0.29) is 18.0 Å². The van der Waals surface area contributed by atoms with E-state index in [9.17, 15) is 14.3 Å². The molecule has 2 aliphatic rings. The van der Waals surface area contributed by atoms with Gasteiger partial charge in [0.25, 0.3) is 5.09 Å². The molecule has 3 unspecified atom stereocenters. The van der Waals surface area contributed by atoms with Crippen LogP contribution in [-0.4, -0.2) is 51.8 Å². The molecular weight excluding hydrogens is 238 g/mol. The van der Waals surface area contributed by atoms with Gasteiger partial charge in [-0.05, 0) is 0 Å². The van der Waals surface area contributed by atoms with Crippen molar-refractivity contribution >= 4 is 10.8 Å². The highest BCUT2D eigenvalue weighted by molar-refractivity contribution is 7.85. The third-order valence-corrected chi connectivity index (χ3v) is 4.45. The van der Waals surface area contributed by atoms with E-state index >= 15 is 0 Å². The molecule has 0 radical (unpaired) electrons. The van der Waals surface area contributed by atoms with Gasteiger partial charge in [-0.15, -0.1) is 10.1 Å². The molecule has 2 aliphatic heterocycles. The Balaban J connectivity index is 2.00. The highest BCUT2D eigenvalue weighted by Crippen LogP contribution is 2.31. The summed E-state index contributed by atoms with van der Waals surface area (Å²) in [6.07, 6.45) is -1.50. The van der Waals surface area contributed by atoms with Gasteiger partial charge >= 0.3 is 0 Å². The van der Waals surface area contributed by atoms with Gasteiger partial charge in [-0.2, -0.15) is 0 Å². The van der Waals surface area contributed by atoms with Gasteiger partial charge < -0.3 is 14.3 Å². The van der Waals surface area contributed by atoms with E-state index in [4.69, 9.17) is 9.47 Å². The molecule has 7 nitrogen and oxygen atoms in total. The van der Waals surface area contributed by atoms with Gasteiger partial charge in [0.1, 0.15) is 12.2 Å². The zero-order valence-corrected chi connectivity index (χ0v) is 9.55. The van der Waals surface area contributed by atoms with Crippen molar-refractivity contribution in [2.45, 2.75) is 30.5 Å². The van der Waals surface area contributed by atoms with Crippen LogP contribution in [0.5, 0.6) is 0 Å². The van der Waals surface area contributed by atoms with Crippen molar-refractivity contribution in [3.05, 3.63) is 10.1 Å². The highest BCUT2D eigenvalue weighted by atomic mass is 32.2. The van der Waals surface area contributed by atoms with E-state index in [0.717, 1.165) is 0 Å². The Kier molecular flexibility index (Phi) is 3.41. The smallest absolute Gasteiger partial charge is 0.294 e. The summed E-state index contributed by atoms with van der Waals surface area (Å²) in [7, 11) is -1.02. The number of fused-ring (bicyclic) bond motifs is 1.